The van der Waals surface area contributed by atoms with E-state index in [9.17, 15) is 0 Å². The molecule has 0 spiro atoms. The highest BCUT2D eigenvalue weighted by molar-refractivity contribution is 7.43. The van der Waals surface area contributed by atoms with Crippen LogP contribution in [0.2, 0.25) is 0 Å². The quantitative estimate of drug-likeness (QED) is 0.0274. The zero-order valence-electron chi connectivity index (χ0n) is 87.1. The van der Waals surface area contributed by atoms with Crippen molar-refractivity contribution < 1.29 is 40.7 Å². The molecule has 6 aromatic carbocycles. The maximum Gasteiger partial charge on any atom is 0.530 e. The number of unbranched alkanes of at least 4 members (excludes halogenated alkanes) is 45. The molecule has 0 fully saturated rings. The van der Waals surface area contributed by atoms with Gasteiger partial charge in [0.15, 0.2) is 0 Å². The predicted molar refractivity (Wildman–Crippen MR) is 567 cm³/mol. The third-order valence-corrected chi connectivity index (χ3v) is 29.8. The van der Waals surface area contributed by atoms with E-state index in [0.717, 1.165) is 127 Å². The van der Waals surface area contributed by atoms with Crippen molar-refractivity contribution in [2.75, 3.05) is 19.8 Å². The number of rotatable bonds is 77. The lowest BCUT2D eigenvalue weighted by Gasteiger charge is -2.33. The van der Waals surface area contributed by atoms with Crippen LogP contribution in [0.15, 0.2) is 109 Å². The Morgan fingerprint density at radius 3 is 0.723 bits per heavy atom. The van der Waals surface area contributed by atoms with Gasteiger partial charge in [-0.05, 0) is 212 Å². The standard InChI is InChI=1S/C118H193O9P3/c1-20-26-32-38-44-47-50-53-56-62-68-86-119-128(120-87-69-63-57-54-51-48-45-39-33-27-21-2)125-113-91-98(9)107(94-111(113)117(14,15)16)109(108-95-112(118(17,18)19)114(92-99(108)10)126-129(121-88-70-64-58-55-52-49-46-40-34-28-22-3)122-103-80-74-100(75-81-103)71-65-59-41-35-29-23-4)89-96(7)106-93-110(116(11,12)13)115(90-97(106)8)127-130(123-104-82-76-101(77-83-104)72-66-60-42-36-30-24-5)124-105-84-78-102(79-85-105)73-67-61-43-37-31-25-6/h74-85,90-96,109H,20-73,86-89H2,1-19H3. The van der Waals surface area contributed by atoms with Crippen molar-refractivity contribution in [3.8, 4) is 34.5 Å². The minimum absolute atomic E-state index is 0.0706. The van der Waals surface area contributed by atoms with E-state index in [0.29, 0.717) is 19.8 Å². The highest BCUT2D eigenvalue weighted by atomic mass is 31.2. The lowest BCUT2D eigenvalue weighted by Crippen LogP contribution is -2.19. The Morgan fingerprint density at radius 1 is 0.238 bits per heavy atom. The zero-order valence-corrected chi connectivity index (χ0v) is 89.8. The summed E-state index contributed by atoms with van der Waals surface area (Å²) >= 11 is 0. The summed E-state index contributed by atoms with van der Waals surface area (Å²) in [7, 11) is -5.51. The Kier molecular flexibility index (Phi) is 59.2. The summed E-state index contributed by atoms with van der Waals surface area (Å²) in [4.78, 5) is 0. The fourth-order valence-electron chi connectivity index (χ4n) is 18.2. The van der Waals surface area contributed by atoms with Crippen LogP contribution in [0.25, 0.3) is 0 Å². The Hall–Kier alpha value is -4.71. The topological polar surface area (TPSA) is 83.1 Å². The van der Waals surface area contributed by atoms with Crippen LogP contribution in [0.5, 0.6) is 34.5 Å². The van der Waals surface area contributed by atoms with Crippen molar-refractivity contribution in [2.24, 2.45) is 0 Å². The summed E-state index contributed by atoms with van der Waals surface area (Å²) < 4.78 is 63.5. The summed E-state index contributed by atoms with van der Waals surface area (Å²) in [6.07, 6.45) is 69.3. The van der Waals surface area contributed by atoms with Crippen molar-refractivity contribution in [1.29, 1.82) is 0 Å². The second-order valence-electron chi connectivity index (χ2n) is 41.9. The molecule has 0 aliphatic heterocycles. The molecule has 0 saturated carbocycles. The average Bonchev–Trinajstić information content (AvgIpc) is 0.742. The molecule has 12 heteroatoms. The molecule has 0 amide bonds. The van der Waals surface area contributed by atoms with Gasteiger partial charge in [-0.3, -0.25) is 4.52 Å². The summed E-state index contributed by atoms with van der Waals surface area (Å²) in [6.45, 7) is 45.9. The molecule has 0 aliphatic rings. The van der Waals surface area contributed by atoms with E-state index in [4.69, 9.17) is 40.7 Å². The normalized spacial score (nSPS) is 12.8. The van der Waals surface area contributed by atoms with Crippen LogP contribution in [0.4, 0.5) is 0 Å². The molecular formula is C118H193O9P3. The van der Waals surface area contributed by atoms with Crippen molar-refractivity contribution in [3.63, 3.8) is 0 Å². The molecule has 0 bridgehead atoms. The molecule has 0 aromatic heterocycles. The van der Waals surface area contributed by atoms with Crippen LogP contribution >= 0.6 is 25.8 Å². The fourth-order valence-corrected chi connectivity index (χ4v) is 21.3. The predicted octanol–water partition coefficient (Wildman–Crippen LogP) is 40.6. The van der Waals surface area contributed by atoms with Crippen LogP contribution in [-0.4, -0.2) is 19.8 Å². The first-order valence-corrected chi connectivity index (χ1v) is 57.3. The van der Waals surface area contributed by atoms with Crippen LogP contribution in [-0.2, 0) is 49.1 Å². The highest BCUT2D eigenvalue weighted by Crippen LogP contribution is 2.53. The van der Waals surface area contributed by atoms with Crippen molar-refractivity contribution >= 4 is 25.8 Å². The van der Waals surface area contributed by atoms with Gasteiger partial charge in [0.2, 0.25) is 0 Å². The fraction of sp³-hybridized carbons (Fsp3) is 0.695. The van der Waals surface area contributed by atoms with Crippen LogP contribution in [0.3, 0.4) is 0 Å². The molecular weight excluding hydrogens is 1650 g/mol. The highest BCUT2D eigenvalue weighted by Gasteiger charge is 2.35. The Balaban J connectivity index is 1.43. The molecule has 0 radical (unpaired) electrons. The molecule has 0 heterocycles. The summed E-state index contributed by atoms with van der Waals surface area (Å²) in [5, 5.41) is 0. The van der Waals surface area contributed by atoms with Gasteiger partial charge in [-0.15, -0.1) is 0 Å². The van der Waals surface area contributed by atoms with E-state index in [1.54, 1.807) is 0 Å². The maximum absolute atomic E-state index is 7.36. The molecule has 0 saturated heterocycles. The van der Waals surface area contributed by atoms with Gasteiger partial charge in [0.25, 0.3) is 0 Å². The van der Waals surface area contributed by atoms with Crippen LogP contribution < -0.4 is 27.1 Å². The minimum atomic E-state index is -1.97. The maximum atomic E-state index is 7.36. The van der Waals surface area contributed by atoms with Gasteiger partial charge < -0.3 is 36.2 Å². The lowest BCUT2D eigenvalue weighted by atomic mass is 9.74. The largest absolute Gasteiger partial charge is 0.530 e. The van der Waals surface area contributed by atoms with Gasteiger partial charge in [0.1, 0.15) is 34.5 Å². The molecule has 6 aromatic rings. The van der Waals surface area contributed by atoms with Crippen molar-refractivity contribution in [1.82, 2.24) is 0 Å². The van der Waals surface area contributed by atoms with Gasteiger partial charge in [0.05, 0.1) is 19.8 Å². The summed E-state index contributed by atoms with van der Waals surface area (Å²) in [6, 6.07) is 40.5. The van der Waals surface area contributed by atoms with Crippen molar-refractivity contribution in [3.05, 3.63) is 176 Å². The second kappa shape index (κ2) is 67.5. The van der Waals surface area contributed by atoms with E-state index < -0.39 is 25.8 Å². The molecule has 0 N–H and O–H groups in total. The third-order valence-electron chi connectivity index (χ3n) is 26.5. The molecule has 3 unspecified atom stereocenters. The van der Waals surface area contributed by atoms with Gasteiger partial charge in [0, 0.05) is 22.6 Å². The number of aryl methyl sites for hydroxylation is 6. The Labute approximate surface area is 804 Å². The summed E-state index contributed by atoms with van der Waals surface area (Å²) in [5.41, 5.74) is 13.8. The Bertz CT molecular complexity index is 3750. The van der Waals surface area contributed by atoms with Crippen LogP contribution in [0.1, 0.15) is 523 Å². The molecule has 3 atom stereocenters. The Morgan fingerprint density at radius 2 is 0.454 bits per heavy atom. The van der Waals surface area contributed by atoms with Gasteiger partial charge in [-0.25, -0.2) is 0 Å². The summed E-state index contributed by atoms with van der Waals surface area (Å²) in [5.74, 6) is 4.70. The minimum Gasteiger partial charge on any atom is -0.426 e. The monoisotopic (exact) mass is 1850 g/mol. The van der Waals surface area contributed by atoms with Gasteiger partial charge in [-0.1, -0.05) is 454 Å². The van der Waals surface area contributed by atoms with E-state index in [2.05, 4.69) is 241 Å². The van der Waals surface area contributed by atoms with E-state index in [-0.39, 0.29) is 28.1 Å². The number of hydrogen-bond donors (Lipinski definition) is 0. The van der Waals surface area contributed by atoms with Crippen molar-refractivity contribution in [2.45, 2.75) is 513 Å². The SMILES string of the molecule is CCCCCCCCCCCCCOP(OCCCCCCCCCCCCC)Oc1cc(C)c(C(CC(C)c2cc(C(C)(C)C)c(OP(Oc3ccc(CCCCCCCC)cc3)Oc3ccc(CCCCCCCC)cc3)cc2C)c2cc(C(C)(C)C)c(OP(OCCCCCCCCCCCCC)Oc3ccc(CCCCCCCC)cc3)cc2C)cc1C(C)(C)C. The molecule has 130 heavy (non-hydrogen) atoms. The number of hydrogen-bond acceptors (Lipinski definition) is 9. The molecule has 734 valence electrons. The third kappa shape index (κ3) is 47.4. The second-order valence-corrected chi connectivity index (χ2v) is 45.1. The molecule has 9 nitrogen and oxygen atoms in total. The first-order chi connectivity index (χ1) is 62.9. The lowest BCUT2D eigenvalue weighted by molar-refractivity contribution is 0.197. The number of benzene rings is 6. The first kappa shape index (κ1) is 114. The van der Waals surface area contributed by atoms with Gasteiger partial charge >= 0.3 is 25.8 Å². The average molecular weight is 1850 g/mol. The zero-order chi connectivity index (χ0) is 93.9. The molecule has 6 rings (SSSR count). The first-order valence-electron chi connectivity index (χ1n) is 54.0. The van der Waals surface area contributed by atoms with E-state index in [1.807, 2.05) is 0 Å². The smallest absolute Gasteiger partial charge is 0.426 e. The van der Waals surface area contributed by atoms with Crippen LogP contribution in [0, 0.1) is 20.8 Å². The van der Waals surface area contributed by atoms with E-state index >= 15 is 0 Å². The molecule has 0 aliphatic carbocycles. The van der Waals surface area contributed by atoms with Gasteiger partial charge in [-0.2, -0.15) is 0 Å². The van der Waals surface area contributed by atoms with E-state index in [1.165, 1.54) is 328 Å².